The zero-order valence-electron chi connectivity index (χ0n) is 18.9. The number of ether oxygens (including phenoxy) is 2. The lowest BCUT2D eigenvalue weighted by atomic mass is 10.1. The van der Waals surface area contributed by atoms with Gasteiger partial charge in [0.25, 0.3) is 5.91 Å². The molecule has 2 amide bonds. The average molecular weight is 429 g/mol. The maximum atomic E-state index is 12.5. The molecule has 1 fully saturated rings. The Balaban J connectivity index is 1.86. The van der Waals surface area contributed by atoms with Crippen LogP contribution in [0.4, 0.5) is 4.79 Å². The van der Waals surface area contributed by atoms with E-state index in [0.717, 1.165) is 11.3 Å². The molecule has 0 spiro atoms. The number of amides is 2. The second kappa shape index (κ2) is 10.7. The summed E-state index contributed by atoms with van der Waals surface area (Å²) < 4.78 is 10.5. The number of carbonyl (C=O) groups excluding carboxylic acids is 2. The zero-order chi connectivity index (χ0) is 23.0. The molecule has 8 heteroatoms. The van der Waals surface area contributed by atoms with Crippen LogP contribution in [0.5, 0.6) is 5.75 Å². The predicted octanol–water partition coefficient (Wildman–Crippen LogP) is 3.27. The third-order valence-corrected chi connectivity index (χ3v) is 4.94. The largest absolute Gasteiger partial charge is 0.497 e. The number of hydrogen-bond donors (Lipinski definition) is 2. The Morgan fingerprint density at radius 1 is 1.23 bits per heavy atom. The monoisotopic (exact) mass is 428 g/mol. The summed E-state index contributed by atoms with van der Waals surface area (Å²) in [4.78, 5) is 26.3. The van der Waals surface area contributed by atoms with Gasteiger partial charge < -0.3 is 25.0 Å². The first-order valence-corrected chi connectivity index (χ1v) is 10.4. The molecule has 0 aliphatic carbocycles. The molecule has 0 bridgehead atoms. The Morgan fingerprint density at radius 2 is 1.84 bits per heavy atom. The number of nitrogens with zero attached hydrogens (tertiary/aromatic N) is 2. The van der Waals surface area contributed by atoms with Crippen molar-refractivity contribution in [2.75, 3.05) is 20.2 Å². The van der Waals surface area contributed by atoms with E-state index in [-0.39, 0.29) is 23.8 Å². The third-order valence-electron chi connectivity index (χ3n) is 4.94. The molecule has 168 valence electrons. The Labute approximate surface area is 184 Å². The van der Waals surface area contributed by atoms with Gasteiger partial charge in [-0.15, -0.1) is 0 Å². The van der Waals surface area contributed by atoms with E-state index >= 15 is 0 Å². The first-order valence-electron chi connectivity index (χ1n) is 10.4. The fourth-order valence-corrected chi connectivity index (χ4v) is 3.16. The Kier molecular flexibility index (Phi) is 8.31. The molecule has 1 atom stereocenters. The van der Waals surface area contributed by atoms with Crippen LogP contribution in [-0.2, 0) is 9.53 Å². The smallest absolute Gasteiger partial charge is 0.410 e. The van der Waals surface area contributed by atoms with Crippen LogP contribution in [0.2, 0.25) is 0 Å². The van der Waals surface area contributed by atoms with E-state index in [0.29, 0.717) is 25.9 Å². The molecule has 0 saturated carbocycles. The molecule has 1 aliphatic rings. The van der Waals surface area contributed by atoms with E-state index in [1.807, 2.05) is 58.0 Å². The van der Waals surface area contributed by atoms with Gasteiger partial charge in [0, 0.05) is 25.3 Å². The number of methoxy groups -OCH3 is 1. The van der Waals surface area contributed by atoms with Gasteiger partial charge in [-0.25, -0.2) is 4.79 Å². The van der Waals surface area contributed by atoms with Crippen molar-refractivity contribution in [3.63, 3.8) is 0 Å². The van der Waals surface area contributed by atoms with E-state index in [1.54, 1.807) is 12.0 Å². The third kappa shape index (κ3) is 7.52. The number of nitrogens with one attached hydrogen (secondary N) is 2. The highest BCUT2D eigenvalue weighted by Gasteiger charge is 2.26. The van der Waals surface area contributed by atoms with Crippen LogP contribution < -0.4 is 15.4 Å². The highest BCUT2D eigenvalue weighted by atomic mass is 16.6. The van der Waals surface area contributed by atoms with Crippen molar-refractivity contribution < 1.29 is 19.1 Å². The summed E-state index contributed by atoms with van der Waals surface area (Å²) in [6.45, 7) is 8.50. The Hall–Kier alpha value is -3.21. The van der Waals surface area contributed by atoms with Crippen molar-refractivity contribution in [3.8, 4) is 11.8 Å². The number of piperidine rings is 1. The minimum Gasteiger partial charge on any atom is -0.497 e. The molecular weight excluding hydrogens is 396 g/mol. The molecule has 1 unspecified atom stereocenters. The van der Waals surface area contributed by atoms with Crippen LogP contribution in [0, 0.1) is 11.3 Å². The molecule has 2 rings (SSSR count). The van der Waals surface area contributed by atoms with E-state index in [1.165, 1.54) is 6.20 Å². The summed E-state index contributed by atoms with van der Waals surface area (Å²) in [6.07, 6.45) is 2.56. The Bertz CT molecular complexity index is 829. The van der Waals surface area contributed by atoms with Crippen LogP contribution in [0.1, 0.15) is 52.1 Å². The van der Waals surface area contributed by atoms with Crippen LogP contribution in [0.25, 0.3) is 0 Å². The molecule has 0 radical (unpaired) electrons. The van der Waals surface area contributed by atoms with Crippen molar-refractivity contribution in [2.24, 2.45) is 0 Å². The lowest BCUT2D eigenvalue weighted by Gasteiger charge is -2.33. The number of benzene rings is 1. The fourth-order valence-electron chi connectivity index (χ4n) is 3.16. The molecule has 1 aromatic rings. The summed E-state index contributed by atoms with van der Waals surface area (Å²) in [5.41, 5.74) is 0.399. The summed E-state index contributed by atoms with van der Waals surface area (Å²) in [6, 6.07) is 9.16. The quantitative estimate of drug-likeness (QED) is 0.532. The second-order valence-corrected chi connectivity index (χ2v) is 8.55. The van der Waals surface area contributed by atoms with Gasteiger partial charge >= 0.3 is 6.09 Å². The number of rotatable bonds is 6. The van der Waals surface area contributed by atoms with Crippen LogP contribution in [0.15, 0.2) is 36.0 Å². The summed E-state index contributed by atoms with van der Waals surface area (Å²) >= 11 is 0. The van der Waals surface area contributed by atoms with Gasteiger partial charge in [-0.2, -0.15) is 5.26 Å². The van der Waals surface area contributed by atoms with Gasteiger partial charge in [-0.1, -0.05) is 12.1 Å². The van der Waals surface area contributed by atoms with Gasteiger partial charge in [-0.3, -0.25) is 4.79 Å². The van der Waals surface area contributed by atoms with Gasteiger partial charge in [-0.05, 0) is 58.2 Å². The second-order valence-electron chi connectivity index (χ2n) is 8.55. The van der Waals surface area contributed by atoms with Crippen LogP contribution in [-0.4, -0.2) is 48.7 Å². The number of likely N-dealkylation sites (tertiary alicyclic amines) is 1. The van der Waals surface area contributed by atoms with E-state index in [2.05, 4.69) is 10.6 Å². The Morgan fingerprint density at radius 3 is 2.35 bits per heavy atom. The van der Waals surface area contributed by atoms with Crippen LogP contribution >= 0.6 is 0 Å². The zero-order valence-corrected chi connectivity index (χ0v) is 18.9. The van der Waals surface area contributed by atoms with E-state index in [9.17, 15) is 14.9 Å². The lowest BCUT2D eigenvalue weighted by Crippen LogP contribution is -2.45. The van der Waals surface area contributed by atoms with Gasteiger partial charge in [0.1, 0.15) is 23.0 Å². The maximum Gasteiger partial charge on any atom is 0.410 e. The number of carbonyl (C=O) groups is 2. The minimum atomic E-state index is -0.521. The molecule has 1 saturated heterocycles. The summed E-state index contributed by atoms with van der Waals surface area (Å²) in [5, 5.41) is 15.4. The molecular formula is C23H32N4O4. The average Bonchev–Trinajstić information content (AvgIpc) is 2.73. The molecule has 31 heavy (non-hydrogen) atoms. The molecule has 2 N–H and O–H groups in total. The van der Waals surface area contributed by atoms with Crippen molar-refractivity contribution in [3.05, 3.63) is 41.6 Å². The molecule has 8 nitrogen and oxygen atoms in total. The number of hydrogen-bond acceptors (Lipinski definition) is 6. The highest BCUT2D eigenvalue weighted by molar-refractivity contribution is 5.97. The minimum absolute atomic E-state index is 0.00920. The maximum absolute atomic E-state index is 12.5. The summed E-state index contributed by atoms with van der Waals surface area (Å²) in [7, 11) is 1.60. The first kappa shape index (κ1) is 24.1. The topological polar surface area (TPSA) is 104 Å². The normalized spacial score (nSPS) is 16.1. The van der Waals surface area contributed by atoms with Gasteiger partial charge in [0.05, 0.1) is 13.2 Å². The van der Waals surface area contributed by atoms with E-state index in [4.69, 9.17) is 9.47 Å². The fraction of sp³-hybridized carbons (Fsp3) is 0.522. The van der Waals surface area contributed by atoms with Crippen LogP contribution in [0.3, 0.4) is 0 Å². The van der Waals surface area contributed by atoms with Crippen molar-refractivity contribution in [1.29, 1.82) is 5.26 Å². The van der Waals surface area contributed by atoms with Crippen molar-refractivity contribution in [1.82, 2.24) is 15.5 Å². The molecule has 1 aliphatic heterocycles. The first-order chi connectivity index (χ1) is 14.6. The number of nitriles is 1. The molecule has 1 aromatic carbocycles. The van der Waals surface area contributed by atoms with E-state index < -0.39 is 11.5 Å². The molecule has 1 heterocycles. The van der Waals surface area contributed by atoms with Crippen molar-refractivity contribution >= 4 is 12.0 Å². The van der Waals surface area contributed by atoms with Crippen molar-refractivity contribution in [2.45, 2.75) is 58.2 Å². The highest BCUT2D eigenvalue weighted by Crippen LogP contribution is 2.18. The lowest BCUT2D eigenvalue weighted by molar-refractivity contribution is -0.117. The predicted molar refractivity (Wildman–Crippen MR) is 117 cm³/mol. The summed E-state index contributed by atoms with van der Waals surface area (Å²) in [5.74, 6) is 0.298. The molecule has 0 aromatic heterocycles. The standard InChI is InChI=1S/C23H32N4O4/c1-16(17-6-8-20(30-5)9-7-17)26-21(28)18(14-24)15-25-19-10-12-27(13-11-19)22(29)31-23(2,3)4/h6-9,15-16,19,25H,10-13H2,1-5H3,(H,26,28)/b18-15-. The SMILES string of the molecule is COc1ccc(C(C)NC(=O)/C(C#N)=C\NC2CCN(C(=O)OC(C)(C)C)CC2)cc1. The van der Waals surface area contributed by atoms with Gasteiger partial charge in [0.2, 0.25) is 0 Å². The van der Waals surface area contributed by atoms with Gasteiger partial charge in [0.15, 0.2) is 0 Å².